The van der Waals surface area contributed by atoms with E-state index in [9.17, 15) is 4.79 Å². The Balaban J connectivity index is 2.77. The number of benzene rings is 1. The van der Waals surface area contributed by atoms with E-state index in [1.807, 2.05) is 26.8 Å². The second kappa shape index (κ2) is 7.15. The van der Waals surface area contributed by atoms with Crippen LogP contribution < -0.4 is 5.32 Å². The van der Waals surface area contributed by atoms with Gasteiger partial charge in [-0.3, -0.25) is 4.79 Å². The van der Waals surface area contributed by atoms with Gasteiger partial charge in [0.15, 0.2) is 0 Å². The van der Waals surface area contributed by atoms with Crippen molar-refractivity contribution in [2.24, 2.45) is 0 Å². The van der Waals surface area contributed by atoms with Crippen molar-refractivity contribution in [1.82, 2.24) is 4.90 Å². The largest absolute Gasteiger partial charge is 0.374 e. The summed E-state index contributed by atoms with van der Waals surface area (Å²) in [7, 11) is 0. The van der Waals surface area contributed by atoms with Gasteiger partial charge < -0.3 is 10.2 Å². The molecule has 1 rings (SSSR count). The molecule has 0 heterocycles. The molecule has 0 fully saturated rings. The zero-order valence-electron chi connectivity index (χ0n) is 11.4. The highest BCUT2D eigenvalue weighted by atomic mass is 79.9. The molecule has 1 aromatic carbocycles. The second-order valence-electron chi connectivity index (χ2n) is 4.18. The first-order chi connectivity index (χ1) is 9.03. The van der Waals surface area contributed by atoms with Gasteiger partial charge in [0.1, 0.15) is 12.1 Å². The third kappa shape index (κ3) is 3.97. The number of nitrogens with one attached hydrogen (secondary N) is 1. The number of carbonyl (C=O) groups excluding carboxylic acids is 1. The topological polar surface area (TPSA) is 56.1 Å². The van der Waals surface area contributed by atoms with Gasteiger partial charge in [0, 0.05) is 23.2 Å². The van der Waals surface area contributed by atoms with E-state index in [-0.39, 0.29) is 11.9 Å². The lowest BCUT2D eigenvalue weighted by Crippen LogP contribution is -2.41. The highest BCUT2D eigenvalue weighted by molar-refractivity contribution is 9.10. The van der Waals surface area contributed by atoms with Crippen molar-refractivity contribution in [1.29, 1.82) is 5.26 Å². The molecule has 5 heteroatoms. The third-order valence-corrected chi connectivity index (χ3v) is 3.57. The molecule has 1 N–H and O–H groups in total. The third-order valence-electron chi connectivity index (χ3n) is 2.92. The minimum Gasteiger partial charge on any atom is -0.374 e. The molecule has 1 atom stereocenters. The molecule has 1 aromatic rings. The van der Waals surface area contributed by atoms with Crippen LogP contribution in [0.25, 0.3) is 0 Å². The molecular formula is C14H18BrN3O. The maximum atomic E-state index is 12.1. The summed E-state index contributed by atoms with van der Waals surface area (Å²) in [5, 5.41) is 12.0. The van der Waals surface area contributed by atoms with E-state index in [4.69, 9.17) is 5.26 Å². The van der Waals surface area contributed by atoms with Gasteiger partial charge in [-0.15, -0.1) is 0 Å². The van der Waals surface area contributed by atoms with Crippen LogP contribution in [-0.2, 0) is 4.79 Å². The molecule has 0 aromatic heterocycles. The fourth-order valence-electron chi connectivity index (χ4n) is 1.82. The Morgan fingerprint density at radius 3 is 2.58 bits per heavy atom. The van der Waals surface area contributed by atoms with Crippen molar-refractivity contribution in [2.75, 3.05) is 18.4 Å². The number of hydrogen-bond donors (Lipinski definition) is 1. The molecule has 4 nitrogen and oxygen atoms in total. The molecule has 0 aliphatic carbocycles. The summed E-state index contributed by atoms with van der Waals surface area (Å²) < 4.78 is 0.725. The first-order valence-corrected chi connectivity index (χ1v) is 7.07. The summed E-state index contributed by atoms with van der Waals surface area (Å²) in [6.45, 7) is 7.18. The lowest BCUT2D eigenvalue weighted by atomic mass is 10.2. The van der Waals surface area contributed by atoms with E-state index in [0.717, 1.165) is 10.2 Å². The van der Waals surface area contributed by atoms with Crippen LogP contribution in [0, 0.1) is 11.3 Å². The van der Waals surface area contributed by atoms with Crippen LogP contribution in [0.15, 0.2) is 22.7 Å². The van der Waals surface area contributed by atoms with Crippen LogP contribution in [0.4, 0.5) is 5.69 Å². The Labute approximate surface area is 122 Å². The number of rotatable bonds is 5. The molecule has 19 heavy (non-hydrogen) atoms. The fourth-order valence-corrected chi connectivity index (χ4v) is 2.28. The van der Waals surface area contributed by atoms with E-state index >= 15 is 0 Å². The van der Waals surface area contributed by atoms with Gasteiger partial charge in [0.2, 0.25) is 5.91 Å². The van der Waals surface area contributed by atoms with Crippen molar-refractivity contribution in [2.45, 2.75) is 26.8 Å². The Hall–Kier alpha value is -1.54. The first-order valence-electron chi connectivity index (χ1n) is 6.28. The summed E-state index contributed by atoms with van der Waals surface area (Å²) in [5.41, 5.74) is 1.40. The number of carbonyl (C=O) groups is 1. The minimum absolute atomic E-state index is 0.0745. The summed E-state index contributed by atoms with van der Waals surface area (Å²) in [6.07, 6.45) is 0. The number of anilines is 1. The highest BCUT2D eigenvalue weighted by Crippen LogP contribution is 2.21. The molecule has 0 aliphatic heterocycles. The molecule has 1 amide bonds. The van der Waals surface area contributed by atoms with Gasteiger partial charge in [-0.05, 0) is 54.9 Å². The minimum atomic E-state index is -0.292. The predicted octanol–water partition coefficient (Wildman–Crippen LogP) is 2.99. The molecule has 0 spiro atoms. The number of hydrogen-bond acceptors (Lipinski definition) is 3. The van der Waals surface area contributed by atoms with Crippen LogP contribution in [0.2, 0.25) is 0 Å². The van der Waals surface area contributed by atoms with Crippen LogP contribution >= 0.6 is 15.9 Å². The molecule has 0 saturated heterocycles. The molecule has 102 valence electrons. The van der Waals surface area contributed by atoms with E-state index in [1.54, 1.807) is 17.0 Å². The summed E-state index contributed by atoms with van der Waals surface area (Å²) >= 11 is 3.33. The SMILES string of the molecule is CCN(CC)C(=O)C(C)Nc1ccc(C#N)c(Br)c1. The average Bonchev–Trinajstić information content (AvgIpc) is 2.40. The number of nitriles is 1. The summed E-state index contributed by atoms with van der Waals surface area (Å²) in [6, 6.07) is 7.13. The lowest BCUT2D eigenvalue weighted by molar-refractivity contribution is -0.131. The van der Waals surface area contributed by atoms with Gasteiger partial charge in [0.05, 0.1) is 5.56 Å². The monoisotopic (exact) mass is 323 g/mol. The molecule has 0 aliphatic rings. The standard InChI is InChI=1S/C14H18BrN3O/c1-4-18(5-2)14(19)10(3)17-12-7-6-11(9-16)13(15)8-12/h6-8,10,17H,4-5H2,1-3H3. The number of halogens is 1. The Kier molecular flexibility index (Phi) is 5.84. The van der Waals surface area contributed by atoms with Crippen LogP contribution in [0.3, 0.4) is 0 Å². The normalized spacial score (nSPS) is 11.5. The maximum Gasteiger partial charge on any atom is 0.244 e. The Morgan fingerprint density at radius 2 is 2.11 bits per heavy atom. The van der Waals surface area contributed by atoms with Gasteiger partial charge in [-0.1, -0.05) is 0 Å². The van der Waals surface area contributed by atoms with Crippen molar-refractivity contribution in [3.63, 3.8) is 0 Å². The van der Waals surface area contributed by atoms with Crippen LogP contribution in [0.1, 0.15) is 26.3 Å². The Morgan fingerprint density at radius 1 is 1.47 bits per heavy atom. The highest BCUT2D eigenvalue weighted by Gasteiger charge is 2.17. The van der Waals surface area contributed by atoms with E-state index in [2.05, 4.69) is 27.3 Å². The van der Waals surface area contributed by atoms with Gasteiger partial charge in [0.25, 0.3) is 0 Å². The predicted molar refractivity (Wildman–Crippen MR) is 79.9 cm³/mol. The average molecular weight is 324 g/mol. The van der Waals surface area contributed by atoms with Crippen molar-refractivity contribution in [3.05, 3.63) is 28.2 Å². The van der Waals surface area contributed by atoms with Gasteiger partial charge in [-0.25, -0.2) is 0 Å². The molecule has 0 radical (unpaired) electrons. The van der Waals surface area contributed by atoms with Gasteiger partial charge in [-0.2, -0.15) is 5.26 Å². The molecule has 0 saturated carbocycles. The smallest absolute Gasteiger partial charge is 0.244 e. The number of nitrogens with zero attached hydrogens (tertiary/aromatic N) is 2. The van der Waals surface area contributed by atoms with Crippen molar-refractivity contribution in [3.8, 4) is 6.07 Å². The van der Waals surface area contributed by atoms with Crippen LogP contribution in [-0.4, -0.2) is 29.9 Å². The van der Waals surface area contributed by atoms with E-state index < -0.39 is 0 Å². The summed E-state index contributed by atoms with van der Waals surface area (Å²) in [4.78, 5) is 13.9. The van der Waals surface area contributed by atoms with Crippen molar-refractivity contribution >= 4 is 27.5 Å². The van der Waals surface area contributed by atoms with Crippen molar-refractivity contribution < 1.29 is 4.79 Å². The number of amides is 1. The van der Waals surface area contributed by atoms with Gasteiger partial charge >= 0.3 is 0 Å². The zero-order valence-corrected chi connectivity index (χ0v) is 13.0. The molecule has 0 bridgehead atoms. The summed E-state index contributed by atoms with van der Waals surface area (Å²) in [5.74, 6) is 0.0745. The maximum absolute atomic E-state index is 12.1. The lowest BCUT2D eigenvalue weighted by Gasteiger charge is -2.24. The second-order valence-corrected chi connectivity index (χ2v) is 5.04. The van der Waals surface area contributed by atoms with E-state index in [1.165, 1.54) is 0 Å². The molecule has 1 unspecified atom stereocenters. The van der Waals surface area contributed by atoms with E-state index in [0.29, 0.717) is 18.7 Å². The zero-order chi connectivity index (χ0) is 14.4. The first kappa shape index (κ1) is 15.5. The molecular weight excluding hydrogens is 306 g/mol. The quantitative estimate of drug-likeness (QED) is 0.906. The fraction of sp³-hybridized carbons (Fsp3) is 0.429. The Bertz CT molecular complexity index is 492. The van der Waals surface area contributed by atoms with Crippen LogP contribution in [0.5, 0.6) is 0 Å². The number of likely N-dealkylation sites (N-methyl/N-ethyl adjacent to an activating group) is 1.